The lowest BCUT2D eigenvalue weighted by atomic mass is 10.0. The molecule has 5 nitrogen and oxygen atoms in total. The van der Waals surface area contributed by atoms with Gasteiger partial charge in [0.1, 0.15) is 5.82 Å². The minimum absolute atomic E-state index is 0.0303. The lowest BCUT2D eigenvalue weighted by molar-refractivity contribution is -0.137. The summed E-state index contributed by atoms with van der Waals surface area (Å²) in [4.78, 5) is 25.0. The summed E-state index contributed by atoms with van der Waals surface area (Å²) in [5, 5.41) is 0. The minimum atomic E-state index is -4.44. The van der Waals surface area contributed by atoms with E-state index in [1.54, 1.807) is 17.9 Å². The Kier molecular flexibility index (Phi) is 6.35. The Labute approximate surface area is 190 Å². The van der Waals surface area contributed by atoms with Gasteiger partial charge >= 0.3 is 6.18 Å². The van der Waals surface area contributed by atoms with Crippen LogP contribution in [0.15, 0.2) is 54.6 Å². The molecule has 33 heavy (non-hydrogen) atoms. The molecule has 172 valence electrons. The number of nitrogens with zero attached hydrogens (tertiary/aromatic N) is 4. The zero-order valence-electron chi connectivity index (χ0n) is 18.6. The van der Waals surface area contributed by atoms with E-state index in [4.69, 9.17) is 4.98 Å². The lowest BCUT2D eigenvalue weighted by Gasteiger charge is -2.36. The number of anilines is 1. The number of aryl methyl sites for hydroxylation is 1. The summed E-state index contributed by atoms with van der Waals surface area (Å²) in [6.45, 7) is 5.76. The Balaban J connectivity index is 1.76. The highest BCUT2D eigenvalue weighted by molar-refractivity contribution is 5.73. The van der Waals surface area contributed by atoms with Crippen LogP contribution in [0.2, 0.25) is 0 Å². The van der Waals surface area contributed by atoms with Crippen LogP contribution in [0.3, 0.4) is 0 Å². The number of rotatable bonds is 4. The second-order valence-electron chi connectivity index (χ2n) is 8.17. The molecule has 1 fully saturated rings. The summed E-state index contributed by atoms with van der Waals surface area (Å²) in [5.74, 6) is 1.00. The predicted octanol–water partition coefficient (Wildman–Crippen LogP) is 4.73. The molecule has 0 spiro atoms. The largest absolute Gasteiger partial charge is 0.416 e. The maximum absolute atomic E-state index is 13.3. The fourth-order valence-electron chi connectivity index (χ4n) is 4.05. The standard InChI is InChI=1S/C25H25F3N4O/c1-17-22(15-19-7-4-3-5-8-19)24(32-13-11-31(12-14-32)18(2)33)30-23(29-17)20-9-6-10-21(16-20)25(26,27)28/h3-10,16H,11-15H2,1-2H3. The number of benzene rings is 2. The van der Waals surface area contributed by atoms with E-state index in [2.05, 4.69) is 9.88 Å². The Morgan fingerprint density at radius 3 is 2.30 bits per heavy atom. The van der Waals surface area contributed by atoms with Gasteiger partial charge in [0.15, 0.2) is 5.82 Å². The van der Waals surface area contributed by atoms with E-state index in [-0.39, 0.29) is 11.7 Å². The molecule has 1 aromatic heterocycles. The Morgan fingerprint density at radius 2 is 1.67 bits per heavy atom. The van der Waals surface area contributed by atoms with Gasteiger partial charge in [-0.2, -0.15) is 13.2 Å². The molecule has 1 aliphatic heterocycles. The van der Waals surface area contributed by atoms with E-state index in [9.17, 15) is 18.0 Å². The van der Waals surface area contributed by atoms with Gasteiger partial charge in [-0.15, -0.1) is 0 Å². The number of alkyl halides is 3. The van der Waals surface area contributed by atoms with E-state index in [1.807, 2.05) is 37.3 Å². The van der Waals surface area contributed by atoms with Crippen molar-refractivity contribution in [2.45, 2.75) is 26.4 Å². The molecule has 0 unspecified atom stereocenters. The molecule has 0 saturated carbocycles. The van der Waals surface area contributed by atoms with Crippen molar-refractivity contribution in [2.75, 3.05) is 31.1 Å². The van der Waals surface area contributed by atoms with Crippen molar-refractivity contribution in [1.29, 1.82) is 0 Å². The van der Waals surface area contributed by atoms with Gasteiger partial charge in [-0.05, 0) is 24.6 Å². The summed E-state index contributed by atoms with van der Waals surface area (Å²) < 4.78 is 39.8. The molecule has 2 heterocycles. The third-order valence-electron chi connectivity index (χ3n) is 5.89. The molecule has 1 aliphatic rings. The summed E-state index contributed by atoms with van der Waals surface area (Å²) in [6.07, 6.45) is -3.83. The predicted molar refractivity (Wildman–Crippen MR) is 121 cm³/mol. The van der Waals surface area contributed by atoms with Crippen LogP contribution in [0, 0.1) is 6.92 Å². The van der Waals surface area contributed by atoms with Gasteiger partial charge in [-0.25, -0.2) is 9.97 Å². The second-order valence-corrected chi connectivity index (χ2v) is 8.17. The van der Waals surface area contributed by atoms with Gasteiger partial charge < -0.3 is 9.80 Å². The molecule has 8 heteroatoms. The quantitative estimate of drug-likeness (QED) is 0.572. The van der Waals surface area contributed by atoms with Crippen molar-refractivity contribution >= 4 is 11.7 Å². The molecule has 0 N–H and O–H groups in total. The fourth-order valence-corrected chi connectivity index (χ4v) is 4.05. The SMILES string of the molecule is CC(=O)N1CCN(c2nc(-c3cccc(C(F)(F)F)c3)nc(C)c2Cc2ccccc2)CC1. The Bertz CT molecular complexity index is 1140. The number of hydrogen-bond acceptors (Lipinski definition) is 4. The van der Waals surface area contributed by atoms with Gasteiger partial charge in [-0.1, -0.05) is 42.5 Å². The summed E-state index contributed by atoms with van der Waals surface area (Å²) >= 11 is 0. The number of carbonyl (C=O) groups excluding carboxylic acids is 1. The Morgan fingerprint density at radius 1 is 0.970 bits per heavy atom. The highest BCUT2D eigenvalue weighted by Gasteiger charge is 2.31. The Hall–Kier alpha value is -3.42. The molecule has 1 amide bonds. The van der Waals surface area contributed by atoms with Crippen molar-refractivity contribution < 1.29 is 18.0 Å². The zero-order valence-corrected chi connectivity index (χ0v) is 18.6. The maximum atomic E-state index is 13.3. The van der Waals surface area contributed by atoms with Crippen LogP contribution in [0.1, 0.15) is 29.3 Å². The minimum Gasteiger partial charge on any atom is -0.353 e. The lowest BCUT2D eigenvalue weighted by Crippen LogP contribution is -2.48. The average Bonchev–Trinajstić information content (AvgIpc) is 2.80. The van der Waals surface area contributed by atoms with Crippen LogP contribution in [0.4, 0.5) is 19.0 Å². The highest BCUT2D eigenvalue weighted by Crippen LogP contribution is 2.33. The van der Waals surface area contributed by atoms with Crippen LogP contribution >= 0.6 is 0 Å². The van der Waals surface area contributed by atoms with Crippen molar-refractivity contribution in [3.63, 3.8) is 0 Å². The molecule has 3 aromatic rings. The van der Waals surface area contributed by atoms with Crippen molar-refractivity contribution in [1.82, 2.24) is 14.9 Å². The molecule has 0 bridgehead atoms. The average molecular weight is 454 g/mol. The zero-order chi connectivity index (χ0) is 23.6. The molecule has 2 aromatic carbocycles. The van der Waals surface area contributed by atoms with Gasteiger partial charge in [0.05, 0.1) is 5.56 Å². The van der Waals surface area contributed by atoms with Gasteiger partial charge in [-0.3, -0.25) is 4.79 Å². The third-order valence-corrected chi connectivity index (χ3v) is 5.89. The molecule has 4 rings (SSSR count). The topological polar surface area (TPSA) is 49.3 Å². The van der Waals surface area contributed by atoms with Crippen LogP contribution in [0.25, 0.3) is 11.4 Å². The van der Waals surface area contributed by atoms with Crippen LogP contribution in [-0.2, 0) is 17.4 Å². The van der Waals surface area contributed by atoms with Crippen LogP contribution < -0.4 is 4.90 Å². The van der Waals surface area contributed by atoms with Gasteiger partial charge in [0.2, 0.25) is 5.91 Å². The van der Waals surface area contributed by atoms with E-state index >= 15 is 0 Å². The summed E-state index contributed by atoms with van der Waals surface area (Å²) in [5.41, 5.74) is 2.35. The first-order chi connectivity index (χ1) is 15.7. The van der Waals surface area contributed by atoms with Gasteiger partial charge in [0.25, 0.3) is 0 Å². The summed E-state index contributed by atoms with van der Waals surface area (Å²) in [7, 11) is 0. The first-order valence-electron chi connectivity index (χ1n) is 10.8. The highest BCUT2D eigenvalue weighted by atomic mass is 19.4. The van der Waals surface area contributed by atoms with E-state index in [0.717, 1.165) is 29.0 Å². The van der Waals surface area contributed by atoms with Crippen molar-refractivity contribution in [3.05, 3.63) is 77.0 Å². The third kappa shape index (κ3) is 5.16. The summed E-state index contributed by atoms with van der Waals surface area (Å²) in [6, 6.07) is 15.0. The number of amides is 1. The number of hydrogen-bond donors (Lipinski definition) is 0. The number of halogens is 3. The van der Waals surface area contributed by atoms with Crippen molar-refractivity contribution in [2.24, 2.45) is 0 Å². The number of carbonyl (C=O) groups is 1. The molecule has 0 atom stereocenters. The molecule has 1 saturated heterocycles. The normalized spacial score (nSPS) is 14.5. The molecular weight excluding hydrogens is 429 g/mol. The smallest absolute Gasteiger partial charge is 0.353 e. The maximum Gasteiger partial charge on any atom is 0.416 e. The number of aromatic nitrogens is 2. The van der Waals surface area contributed by atoms with E-state index < -0.39 is 11.7 Å². The monoisotopic (exact) mass is 454 g/mol. The molecule has 0 radical (unpaired) electrons. The molecular formula is C25H25F3N4O. The van der Waals surface area contributed by atoms with Crippen LogP contribution in [0.5, 0.6) is 0 Å². The second kappa shape index (κ2) is 9.21. The fraction of sp³-hybridized carbons (Fsp3) is 0.320. The van der Waals surface area contributed by atoms with Crippen molar-refractivity contribution in [3.8, 4) is 11.4 Å². The van der Waals surface area contributed by atoms with E-state index in [1.165, 1.54) is 6.07 Å². The van der Waals surface area contributed by atoms with E-state index in [0.29, 0.717) is 44.0 Å². The first kappa shape index (κ1) is 22.8. The molecule has 0 aliphatic carbocycles. The number of piperazine rings is 1. The van der Waals surface area contributed by atoms with Gasteiger partial charge in [0, 0.05) is 56.3 Å². The van der Waals surface area contributed by atoms with Crippen LogP contribution in [-0.4, -0.2) is 47.0 Å². The first-order valence-corrected chi connectivity index (χ1v) is 10.8.